The van der Waals surface area contributed by atoms with Crippen LogP contribution in [0.25, 0.3) is 10.8 Å². The highest BCUT2D eigenvalue weighted by Crippen LogP contribution is 2.22. The zero-order valence-electron chi connectivity index (χ0n) is 14.1. The predicted octanol–water partition coefficient (Wildman–Crippen LogP) is 1.05. The summed E-state index contributed by atoms with van der Waals surface area (Å²) in [4.78, 5) is 39.1. The summed E-state index contributed by atoms with van der Waals surface area (Å²) in [6, 6.07) is 6.25. The van der Waals surface area contributed by atoms with Crippen LogP contribution in [0.3, 0.4) is 0 Å². The standard InChI is InChI=1S/C17H19N3O4S/c1-3-24-17(23)13-10-25-9-8-20(13)16(22)14-11-6-4-5-7-12(11)15(21)19(2)18-14/h4-7,13H,3,8-10H2,1-2H3. The lowest BCUT2D eigenvalue weighted by atomic mass is 10.1. The molecule has 1 aromatic carbocycles. The minimum Gasteiger partial charge on any atom is -0.464 e. The number of fused-ring (bicyclic) bond motifs is 1. The predicted molar refractivity (Wildman–Crippen MR) is 95.8 cm³/mol. The van der Waals surface area contributed by atoms with Crippen LogP contribution in [0.2, 0.25) is 0 Å². The smallest absolute Gasteiger partial charge is 0.329 e. The first kappa shape index (κ1) is 17.5. The average Bonchev–Trinajstić information content (AvgIpc) is 2.64. The highest BCUT2D eigenvalue weighted by Gasteiger charge is 2.35. The van der Waals surface area contributed by atoms with E-state index in [1.54, 1.807) is 43.0 Å². The molecule has 1 unspecified atom stereocenters. The summed E-state index contributed by atoms with van der Waals surface area (Å²) in [7, 11) is 1.51. The third-order valence-electron chi connectivity index (χ3n) is 4.11. The Labute approximate surface area is 148 Å². The Morgan fingerprint density at radius 2 is 2.04 bits per heavy atom. The molecule has 1 aliphatic heterocycles. The number of rotatable bonds is 3. The Kier molecular flexibility index (Phi) is 5.08. The molecule has 132 valence electrons. The van der Waals surface area contributed by atoms with Gasteiger partial charge in [0.15, 0.2) is 5.69 Å². The number of carbonyl (C=O) groups excluding carboxylic acids is 2. The van der Waals surface area contributed by atoms with Gasteiger partial charge < -0.3 is 9.64 Å². The first-order valence-corrected chi connectivity index (χ1v) is 9.21. The fourth-order valence-electron chi connectivity index (χ4n) is 2.87. The Hall–Kier alpha value is -2.35. The van der Waals surface area contributed by atoms with Gasteiger partial charge in [-0.25, -0.2) is 9.48 Å². The van der Waals surface area contributed by atoms with E-state index in [0.717, 1.165) is 10.4 Å². The molecule has 2 aromatic rings. The molecule has 0 spiro atoms. The van der Waals surface area contributed by atoms with E-state index in [1.165, 1.54) is 11.9 Å². The molecule has 0 bridgehead atoms. The maximum Gasteiger partial charge on any atom is 0.329 e. The highest BCUT2D eigenvalue weighted by atomic mass is 32.2. The van der Waals surface area contributed by atoms with Gasteiger partial charge in [-0.15, -0.1) is 0 Å². The van der Waals surface area contributed by atoms with Crippen molar-refractivity contribution in [2.45, 2.75) is 13.0 Å². The molecule has 3 rings (SSSR count). The molecule has 1 aromatic heterocycles. The first-order valence-electron chi connectivity index (χ1n) is 8.06. The monoisotopic (exact) mass is 361 g/mol. The van der Waals surface area contributed by atoms with Crippen LogP contribution in [0, 0.1) is 0 Å². The van der Waals surface area contributed by atoms with Crippen molar-refractivity contribution in [3.8, 4) is 0 Å². The van der Waals surface area contributed by atoms with Crippen LogP contribution in [-0.4, -0.2) is 57.3 Å². The summed E-state index contributed by atoms with van der Waals surface area (Å²) in [6.07, 6.45) is 0. The Morgan fingerprint density at radius 1 is 1.32 bits per heavy atom. The third-order valence-corrected chi connectivity index (χ3v) is 5.13. The molecule has 0 radical (unpaired) electrons. The summed E-state index contributed by atoms with van der Waals surface area (Å²) in [5, 5.41) is 5.10. The van der Waals surface area contributed by atoms with Gasteiger partial charge >= 0.3 is 5.97 Å². The molecule has 1 fully saturated rings. The van der Waals surface area contributed by atoms with Crippen LogP contribution in [-0.2, 0) is 16.6 Å². The second-order valence-electron chi connectivity index (χ2n) is 5.66. The second-order valence-corrected chi connectivity index (χ2v) is 6.81. The number of thioether (sulfide) groups is 1. The van der Waals surface area contributed by atoms with Crippen molar-refractivity contribution in [2.75, 3.05) is 24.7 Å². The molecule has 2 heterocycles. The van der Waals surface area contributed by atoms with Gasteiger partial charge in [0.05, 0.1) is 12.0 Å². The Bertz CT molecular complexity index is 880. The van der Waals surface area contributed by atoms with Crippen LogP contribution in [0.15, 0.2) is 29.1 Å². The van der Waals surface area contributed by atoms with Crippen LogP contribution < -0.4 is 5.56 Å². The fraction of sp³-hybridized carbons (Fsp3) is 0.412. The summed E-state index contributed by atoms with van der Waals surface area (Å²) in [5.74, 6) is 0.474. The van der Waals surface area contributed by atoms with Gasteiger partial charge in [-0.2, -0.15) is 16.9 Å². The van der Waals surface area contributed by atoms with Crippen molar-refractivity contribution in [1.82, 2.24) is 14.7 Å². The summed E-state index contributed by atoms with van der Waals surface area (Å²) < 4.78 is 6.27. The molecule has 1 atom stereocenters. The number of carbonyl (C=O) groups is 2. The molecule has 0 aliphatic carbocycles. The lowest BCUT2D eigenvalue weighted by molar-refractivity contribution is -0.147. The largest absolute Gasteiger partial charge is 0.464 e. The van der Waals surface area contributed by atoms with Gasteiger partial charge in [-0.3, -0.25) is 9.59 Å². The van der Waals surface area contributed by atoms with Crippen molar-refractivity contribution in [3.63, 3.8) is 0 Å². The van der Waals surface area contributed by atoms with Crippen LogP contribution in [0.4, 0.5) is 0 Å². The normalized spacial score (nSPS) is 17.5. The fourth-order valence-corrected chi connectivity index (χ4v) is 3.91. The van der Waals surface area contributed by atoms with Gasteiger partial charge in [0.2, 0.25) is 0 Å². The lowest BCUT2D eigenvalue weighted by Crippen LogP contribution is -2.51. The Balaban J connectivity index is 2.05. The molecule has 0 N–H and O–H groups in total. The lowest BCUT2D eigenvalue weighted by Gasteiger charge is -2.33. The highest BCUT2D eigenvalue weighted by molar-refractivity contribution is 7.99. The summed E-state index contributed by atoms with van der Waals surface area (Å²) in [5.41, 5.74) is -0.0813. The van der Waals surface area contributed by atoms with Crippen molar-refractivity contribution in [2.24, 2.45) is 7.05 Å². The molecule has 0 saturated carbocycles. The molecular formula is C17H19N3O4S. The topological polar surface area (TPSA) is 81.5 Å². The molecule has 8 heteroatoms. The minimum absolute atomic E-state index is 0.180. The maximum absolute atomic E-state index is 13.1. The second kappa shape index (κ2) is 7.26. The minimum atomic E-state index is -0.635. The SMILES string of the molecule is CCOC(=O)C1CSCCN1C(=O)c1nn(C)c(=O)c2ccccc12. The van der Waals surface area contributed by atoms with Gasteiger partial charge in [0, 0.05) is 30.5 Å². The van der Waals surface area contributed by atoms with Crippen LogP contribution in [0.1, 0.15) is 17.4 Å². The number of amides is 1. The molecule has 25 heavy (non-hydrogen) atoms. The molecule has 1 amide bonds. The van der Waals surface area contributed by atoms with Gasteiger partial charge in [-0.1, -0.05) is 18.2 Å². The van der Waals surface area contributed by atoms with Gasteiger partial charge in [0.1, 0.15) is 6.04 Å². The van der Waals surface area contributed by atoms with E-state index >= 15 is 0 Å². The van der Waals surface area contributed by atoms with E-state index in [0.29, 0.717) is 23.1 Å². The Morgan fingerprint density at radius 3 is 2.76 bits per heavy atom. The van der Waals surface area contributed by atoms with E-state index in [4.69, 9.17) is 4.74 Å². The quantitative estimate of drug-likeness (QED) is 0.760. The number of hydrogen-bond donors (Lipinski definition) is 0. The number of aryl methyl sites for hydroxylation is 1. The van der Waals surface area contributed by atoms with E-state index in [2.05, 4.69) is 5.10 Å². The molecule has 1 saturated heterocycles. The van der Waals surface area contributed by atoms with E-state index in [1.807, 2.05) is 0 Å². The third kappa shape index (κ3) is 3.26. The molecular weight excluding hydrogens is 342 g/mol. The molecule has 7 nitrogen and oxygen atoms in total. The number of benzene rings is 1. The number of aromatic nitrogens is 2. The van der Waals surface area contributed by atoms with Crippen molar-refractivity contribution in [1.29, 1.82) is 0 Å². The first-order chi connectivity index (χ1) is 12.0. The average molecular weight is 361 g/mol. The van der Waals surface area contributed by atoms with Gasteiger partial charge in [-0.05, 0) is 13.0 Å². The zero-order chi connectivity index (χ0) is 18.0. The van der Waals surface area contributed by atoms with E-state index in [9.17, 15) is 14.4 Å². The number of esters is 1. The summed E-state index contributed by atoms with van der Waals surface area (Å²) >= 11 is 1.61. The van der Waals surface area contributed by atoms with Crippen molar-refractivity contribution >= 4 is 34.4 Å². The summed E-state index contributed by atoms with van der Waals surface area (Å²) in [6.45, 7) is 2.44. The maximum atomic E-state index is 13.1. The van der Waals surface area contributed by atoms with Crippen LogP contribution in [0.5, 0.6) is 0 Å². The van der Waals surface area contributed by atoms with E-state index in [-0.39, 0.29) is 23.8 Å². The zero-order valence-corrected chi connectivity index (χ0v) is 14.9. The van der Waals surface area contributed by atoms with E-state index < -0.39 is 12.0 Å². The van der Waals surface area contributed by atoms with Gasteiger partial charge in [0.25, 0.3) is 11.5 Å². The molecule has 1 aliphatic rings. The number of ether oxygens (including phenoxy) is 1. The number of nitrogens with zero attached hydrogens (tertiary/aromatic N) is 3. The van der Waals surface area contributed by atoms with Crippen LogP contribution >= 0.6 is 11.8 Å². The number of hydrogen-bond acceptors (Lipinski definition) is 6. The van der Waals surface area contributed by atoms with Crippen molar-refractivity contribution < 1.29 is 14.3 Å². The van der Waals surface area contributed by atoms with Crippen molar-refractivity contribution in [3.05, 3.63) is 40.3 Å².